The van der Waals surface area contributed by atoms with Gasteiger partial charge in [-0.1, -0.05) is 22.5 Å². The van der Waals surface area contributed by atoms with Crippen LogP contribution >= 0.6 is 15.9 Å². The molecule has 20 heavy (non-hydrogen) atoms. The minimum absolute atomic E-state index is 0.164. The van der Waals surface area contributed by atoms with Crippen molar-refractivity contribution in [1.29, 1.82) is 0 Å². The molecule has 5 heteroatoms. The molecule has 0 unspecified atom stereocenters. The summed E-state index contributed by atoms with van der Waals surface area (Å²) in [5, 5.41) is 0. The van der Waals surface area contributed by atoms with Crippen LogP contribution in [0.25, 0.3) is 5.57 Å². The first-order chi connectivity index (χ1) is 9.52. The van der Waals surface area contributed by atoms with Gasteiger partial charge in [0, 0.05) is 15.6 Å². The van der Waals surface area contributed by atoms with Crippen LogP contribution < -0.4 is 9.47 Å². The van der Waals surface area contributed by atoms with E-state index in [1.165, 1.54) is 13.2 Å². The van der Waals surface area contributed by atoms with Crippen molar-refractivity contribution in [3.63, 3.8) is 0 Å². The Hall–Kier alpha value is -1.88. The minimum atomic E-state index is -1.07. The van der Waals surface area contributed by atoms with Gasteiger partial charge in [-0.3, -0.25) is 0 Å². The Balaban J connectivity index is 2.25. The van der Waals surface area contributed by atoms with E-state index in [-0.39, 0.29) is 11.5 Å². The summed E-state index contributed by atoms with van der Waals surface area (Å²) in [4.78, 5) is 0. The molecule has 0 N–H and O–H groups in total. The largest absolute Gasteiger partial charge is 0.494 e. The Morgan fingerprint density at radius 3 is 2.60 bits per heavy atom. The Kier molecular flexibility index (Phi) is 3.01. The summed E-state index contributed by atoms with van der Waals surface area (Å²) in [7, 11) is 1.28. The maximum Gasteiger partial charge on any atom is 0.205 e. The van der Waals surface area contributed by atoms with Crippen LogP contribution in [0, 0.1) is 11.6 Å². The molecule has 2 aromatic rings. The van der Waals surface area contributed by atoms with E-state index < -0.39 is 11.6 Å². The van der Waals surface area contributed by atoms with E-state index >= 15 is 0 Å². The third kappa shape index (κ3) is 1.81. The van der Waals surface area contributed by atoms with Gasteiger partial charge in [0.2, 0.25) is 11.6 Å². The highest BCUT2D eigenvalue weighted by molar-refractivity contribution is 9.10. The molecular formula is C15H9BrF2O2. The van der Waals surface area contributed by atoms with Crippen LogP contribution in [0.3, 0.4) is 0 Å². The number of hydrogen-bond acceptors (Lipinski definition) is 2. The molecule has 1 heterocycles. The Labute approximate surface area is 122 Å². The average Bonchev–Trinajstić information content (AvgIpc) is 2.44. The second-order valence-electron chi connectivity index (χ2n) is 4.30. The molecule has 0 fully saturated rings. The predicted molar refractivity (Wildman–Crippen MR) is 75.3 cm³/mol. The number of halogens is 3. The van der Waals surface area contributed by atoms with Crippen LogP contribution in [-0.4, -0.2) is 7.11 Å². The number of rotatable bonds is 1. The lowest BCUT2D eigenvalue weighted by Crippen LogP contribution is -2.06. The zero-order chi connectivity index (χ0) is 14.4. The van der Waals surface area contributed by atoms with Gasteiger partial charge in [0.15, 0.2) is 11.5 Å². The zero-order valence-electron chi connectivity index (χ0n) is 10.5. The summed E-state index contributed by atoms with van der Waals surface area (Å²) in [6.45, 7) is 3.94. The highest BCUT2D eigenvalue weighted by atomic mass is 79.9. The maximum atomic E-state index is 14.0. The van der Waals surface area contributed by atoms with Gasteiger partial charge in [0.1, 0.15) is 5.75 Å². The molecule has 1 aliphatic rings. The van der Waals surface area contributed by atoms with Gasteiger partial charge in [-0.25, -0.2) is 0 Å². The third-order valence-corrected chi connectivity index (χ3v) is 3.65. The molecule has 0 atom stereocenters. The molecule has 0 aromatic heterocycles. The molecule has 0 amide bonds. The van der Waals surface area contributed by atoms with Crippen LogP contribution in [-0.2, 0) is 0 Å². The van der Waals surface area contributed by atoms with Crippen molar-refractivity contribution >= 4 is 21.5 Å². The smallest absolute Gasteiger partial charge is 0.205 e. The molecule has 1 aliphatic heterocycles. The fourth-order valence-corrected chi connectivity index (χ4v) is 2.50. The van der Waals surface area contributed by atoms with Gasteiger partial charge in [-0.15, -0.1) is 0 Å². The molecule has 0 bridgehead atoms. The van der Waals surface area contributed by atoms with E-state index in [4.69, 9.17) is 9.47 Å². The Morgan fingerprint density at radius 1 is 1.15 bits per heavy atom. The van der Waals surface area contributed by atoms with Crippen LogP contribution in [0.2, 0.25) is 0 Å². The number of methoxy groups -OCH3 is 1. The first-order valence-corrected chi connectivity index (χ1v) is 6.55. The van der Waals surface area contributed by atoms with E-state index in [0.717, 1.165) is 10.0 Å². The van der Waals surface area contributed by atoms with Gasteiger partial charge in [-0.2, -0.15) is 8.78 Å². The lowest BCUT2D eigenvalue weighted by molar-refractivity contribution is 0.356. The summed E-state index contributed by atoms with van der Waals surface area (Å²) in [6.07, 6.45) is 0. The first-order valence-electron chi connectivity index (χ1n) is 5.76. The maximum absolute atomic E-state index is 14.0. The summed E-state index contributed by atoms with van der Waals surface area (Å²) in [6, 6.07) is 6.64. The summed E-state index contributed by atoms with van der Waals surface area (Å²) < 4.78 is 38.9. The average molecular weight is 339 g/mol. The fourth-order valence-electron chi connectivity index (χ4n) is 2.14. The Morgan fingerprint density at radius 2 is 1.90 bits per heavy atom. The normalized spacial score (nSPS) is 12.5. The van der Waals surface area contributed by atoms with E-state index in [9.17, 15) is 8.78 Å². The van der Waals surface area contributed by atoms with Crippen molar-refractivity contribution in [3.05, 3.63) is 58.1 Å². The summed E-state index contributed by atoms with van der Waals surface area (Å²) in [5.41, 5.74) is 1.66. The van der Waals surface area contributed by atoms with Crippen molar-refractivity contribution < 1.29 is 18.3 Å². The topological polar surface area (TPSA) is 18.5 Å². The van der Waals surface area contributed by atoms with Crippen molar-refractivity contribution in [2.75, 3.05) is 7.11 Å². The van der Waals surface area contributed by atoms with Gasteiger partial charge in [-0.05, 0) is 29.8 Å². The highest BCUT2D eigenvalue weighted by Gasteiger charge is 2.28. The second kappa shape index (κ2) is 4.59. The molecule has 0 spiro atoms. The second-order valence-corrected chi connectivity index (χ2v) is 5.22. The third-order valence-electron chi connectivity index (χ3n) is 3.15. The van der Waals surface area contributed by atoms with Crippen molar-refractivity contribution in [2.45, 2.75) is 0 Å². The lowest BCUT2D eigenvalue weighted by atomic mass is 9.95. The van der Waals surface area contributed by atoms with E-state index in [1.54, 1.807) is 12.1 Å². The van der Waals surface area contributed by atoms with Crippen molar-refractivity contribution in [2.24, 2.45) is 0 Å². The molecular weight excluding hydrogens is 330 g/mol. The number of ether oxygens (including phenoxy) is 2. The standard InChI is InChI=1S/C15H9BrF2O2/c1-7-9-5-8(16)3-4-11(9)20-15-10(7)6-12(19-2)13(17)14(15)18/h3-6H,1H2,2H3. The van der Waals surface area contributed by atoms with E-state index in [0.29, 0.717) is 16.9 Å². The SMILES string of the molecule is C=C1c2cc(Br)ccc2Oc2c1cc(OC)c(F)c2F. The van der Waals surface area contributed by atoms with Gasteiger partial charge in [0.05, 0.1) is 7.11 Å². The van der Waals surface area contributed by atoms with Crippen LogP contribution in [0.1, 0.15) is 11.1 Å². The zero-order valence-corrected chi connectivity index (χ0v) is 12.1. The van der Waals surface area contributed by atoms with Crippen molar-refractivity contribution in [3.8, 4) is 17.2 Å². The number of hydrogen-bond donors (Lipinski definition) is 0. The predicted octanol–water partition coefficient (Wildman–Crippen LogP) is 4.90. The molecule has 2 nitrogen and oxygen atoms in total. The molecule has 0 saturated heterocycles. The van der Waals surface area contributed by atoms with Gasteiger partial charge in [0.25, 0.3) is 0 Å². The van der Waals surface area contributed by atoms with Crippen molar-refractivity contribution in [1.82, 2.24) is 0 Å². The molecule has 3 rings (SSSR count). The Bertz CT molecular complexity index is 741. The van der Waals surface area contributed by atoms with Crippen LogP contribution in [0.15, 0.2) is 35.3 Å². The number of benzene rings is 2. The van der Waals surface area contributed by atoms with Gasteiger partial charge >= 0.3 is 0 Å². The fraction of sp³-hybridized carbons (Fsp3) is 0.0667. The lowest BCUT2D eigenvalue weighted by Gasteiger charge is -2.23. The first kappa shape index (κ1) is 13.1. The minimum Gasteiger partial charge on any atom is -0.494 e. The molecule has 0 aliphatic carbocycles. The molecule has 0 saturated carbocycles. The number of fused-ring (bicyclic) bond motifs is 2. The quantitative estimate of drug-likeness (QED) is 0.628. The summed E-state index contributed by atoms with van der Waals surface area (Å²) >= 11 is 3.36. The van der Waals surface area contributed by atoms with E-state index in [2.05, 4.69) is 22.5 Å². The molecule has 102 valence electrons. The van der Waals surface area contributed by atoms with Crippen LogP contribution in [0.5, 0.6) is 17.2 Å². The van der Waals surface area contributed by atoms with Crippen LogP contribution in [0.4, 0.5) is 8.78 Å². The highest BCUT2D eigenvalue weighted by Crippen LogP contribution is 2.47. The summed E-state index contributed by atoms with van der Waals surface area (Å²) in [5.74, 6) is -2.05. The molecule has 0 radical (unpaired) electrons. The van der Waals surface area contributed by atoms with E-state index in [1.807, 2.05) is 6.07 Å². The monoisotopic (exact) mass is 338 g/mol. The van der Waals surface area contributed by atoms with Gasteiger partial charge < -0.3 is 9.47 Å². The molecule has 2 aromatic carbocycles.